The fourth-order valence-electron chi connectivity index (χ4n) is 4.83. The minimum Gasteiger partial charge on any atom is -0.445 e. The van der Waals surface area contributed by atoms with Crippen molar-refractivity contribution in [3.8, 4) is 0 Å². The van der Waals surface area contributed by atoms with Crippen molar-refractivity contribution in [3.05, 3.63) is 35.9 Å². The summed E-state index contributed by atoms with van der Waals surface area (Å²) in [6.45, 7) is 12.2. The van der Waals surface area contributed by atoms with Gasteiger partial charge < -0.3 is 20.3 Å². The number of nitrogens with zero attached hydrogens (tertiary/aromatic N) is 1. The van der Waals surface area contributed by atoms with Crippen LogP contribution in [0.3, 0.4) is 0 Å². The molecule has 0 aromatic heterocycles. The number of amides is 2. The molecule has 1 saturated heterocycles. The normalized spacial score (nSPS) is 23.5. The van der Waals surface area contributed by atoms with Gasteiger partial charge in [0.05, 0.1) is 0 Å². The smallest absolute Gasteiger partial charge is 0.407 e. The van der Waals surface area contributed by atoms with Crippen LogP contribution in [0.15, 0.2) is 30.3 Å². The summed E-state index contributed by atoms with van der Waals surface area (Å²) < 4.78 is 5.32. The molecular weight excluding hydrogens is 402 g/mol. The highest BCUT2D eigenvalue weighted by molar-refractivity contribution is 5.82. The van der Waals surface area contributed by atoms with Crippen molar-refractivity contribution < 1.29 is 14.3 Å². The Morgan fingerprint density at radius 1 is 1.12 bits per heavy atom. The first-order valence-corrected chi connectivity index (χ1v) is 12.1. The second-order valence-electron chi connectivity index (χ2n) is 11.3. The first-order valence-electron chi connectivity index (χ1n) is 12.1. The summed E-state index contributed by atoms with van der Waals surface area (Å²) in [6.07, 6.45) is 4.89. The zero-order chi connectivity index (χ0) is 23.4. The van der Waals surface area contributed by atoms with Crippen LogP contribution in [0.2, 0.25) is 0 Å². The summed E-state index contributed by atoms with van der Waals surface area (Å²) in [5, 5.41) is 6.39. The number of hydrogen-bond donors (Lipinski definition) is 2. The van der Waals surface area contributed by atoms with Gasteiger partial charge in [0, 0.05) is 36.6 Å². The third kappa shape index (κ3) is 6.71. The summed E-state index contributed by atoms with van der Waals surface area (Å²) in [5.74, 6) is 0.241. The first kappa shape index (κ1) is 24.6. The van der Waals surface area contributed by atoms with Crippen LogP contribution in [0.25, 0.3) is 0 Å². The number of benzene rings is 1. The van der Waals surface area contributed by atoms with Gasteiger partial charge in [-0.15, -0.1) is 0 Å². The van der Waals surface area contributed by atoms with Crippen molar-refractivity contribution in [3.63, 3.8) is 0 Å². The van der Waals surface area contributed by atoms with Gasteiger partial charge in [0.15, 0.2) is 0 Å². The zero-order valence-electron chi connectivity index (χ0n) is 20.4. The number of carbonyl (C=O) groups is 2. The average molecular weight is 444 g/mol. The van der Waals surface area contributed by atoms with Crippen molar-refractivity contribution in [2.75, 3.05) is 13.1 Å². The van der Waals surface area contributed by atoms with E-state index in [0.29, 0.717) is 18.0 Å². The highest BCUT2D eigenvalue weighted by Crippen LogP contribution is 2.39. The number of carbonyl (C=O) groups excluding carboxylic acids is 2. The van der Waals surface area contributed by atoms with Gasteiger partial charge in [-0.1, -0.05) is 65.0 Å². The van der Waals surface area contributed by atoms with E-state index in [9.17, 15) is 9.59 Å². The predicted octanol–water partition coefficient (Wildman–Crippen LogP) is 4.49. The molecule has 1 aromatic carbocycles. The quantitative estimate of drug-likeness (QED) is 0.680. The van der Waals surface area contributed by atoms with Crippen molar-refractivity contribution in [2.24, 2.45) is 10.8 Å². The highest BCUT2D eigenvalue weighted by atomic mass is 16.5. The molecule has 1 aliphatic heterocycles. The average Bonchev–Trinajstić information content (AvgIpc) is 3.20. The molecular formula is C26H41N3O3. The molecule has 0 bridgehead atoms. The van der Waals surface area contributed by atoms with Crippen LogP contribution in [0, 0.1) is 10.8 Å². The lowest BCUT2D eigenvalue weighted by atomic mass is 9.74. The topological polar surface area (TPSA) is 70.7 Å². The molecule has 1 aromatic rings. The Balaban J connectivity index is 1.53. The number of hydrogen-bond acceptors (Lipinski definition) is 4. The maximum atomic E-state index is 13.4. The largest absolute Gasteiger partial charge is 0.445 e. The number of nitrogens with one attached hydrogen (secondary N) is 2. The van der Waals surface area contributed by atoms with Gasteiger partial charge in [0.25, 0.3) is 0 Å². The second kappa shape index (κ2) is 10.2. The molecule has 2 aliphatic rings. The van der Waals surface area contributed by atoms with Crippen LogP contribution >= 0.6 is 0 Å². The maximum absolute atomic E-state index is 13.4. The molecule has 2 atom stereocenters. The van der Waals surface area contributed by atoms with Gasteiger partial charge >= 0.3 is 6.09 Å². The minimum absolute atomic E-state index is 0.138. The lowest BCUT2D eigenvalue weighted by molar-refractivity contribution is -0.145. The van der Waals surface area contributed by atoms with Gasteiger partial charge in [-0.25, -0.2) is 4.79 Å². The van der Waals surface area contributed by atoms with Crippen molar-refractivity contribution in [2.45, 2.75) is 91.5 Å². The Morgan fingerprint density at radius 3 is 2.41 bits per heavy atom. The lowest BCUT2D eigenvalue weighted by Gasteiger charge is -2.45. The summed E-state index contributed by atoms with van der Waals surface area (Å²) in [7, 11) is 0. The molecule has 0 spiro atoms. The van der Waals surface area contributed by atoms with Crippen LogP contribution in [-0.2, 0) is 16.1 Å². The molecule has 1 heterocycles. The summed E-state index contributed by atoms with van der Waals surface area (Å²) in [6, 6.07) is 10.3. The maximum Gasteiger partial charge on any atom is 0.407 e. The Hall–Kier alpha value is -2.08. The highest BCUT2D eigenvalue weighted by Gasteiger charge is 2.41. The van der Waals surface area contributed by atoms with Crippen LogP contribution in [0.1, 0.15) is 72.3 Å². The van der Waals surface area contributed by atoms with E-state index in [0.717, 1.165) is 44.2 Å². The Labute approximate surface area is 193 Å². The third-order valence-corrected chi connectivity index (χ3v) is 6.88. The van der Waals surface area contributed by atoms with E-state index >= 15 is 0 Å². The molecule has 0 radical (unpaired) electrons. The molecule has 2 fully saturated rings. The van der Waals surface area contributed by atoms with Gasteiger partial charge in [-0.05, 0) is 43.1 Å². The molecule has 2 N–H and O–H groups in total. The Kier molecular flexibility index (Phi) is 7.86. The number of alkyl carbamates (subject to hydrolysis) is 1. The fourth-order valence-corrected chi connectivity index (χ4v) is 4.83. The molecule has 3 rings (SSSR count). The standard InChI is InChI=1S/C26H41N3O3/c1-25(2,3)23(30)29(21-11-13-26(4,5)14-12-21)22-15-20(27-17-22)16-28-24(31)32-18-19-9-7-6-8-10-19/h6-10,20-22,27H,11-18H2,1-5H3,(H,28,31)/t20-,22-/m0/s1. The summed E-state index contributed by atoms with van der Waals surface area (Å²) in [4.78, 5) is 27.7. The summed E-state index contributed by atoms with van der Waals surface area (Å²) in [5.41, 5.74) is 0.937. The van der Waals surface area contributed by atoms with Gasteiger partial charge in [-0.3, -0.25) is 4.79 Å². The molecule has 1 aliphatic carbocycles. The van der Waals surface area contributed by atoms with Crippen LogP contribution in [0.5, 0.6) is 0 Å². The van der Waals surface area contributed by atoms with E-state index in [2.05, 4.69) is 29.4 Å². The van der Waals surface area contributed by atoms with Crippen LogP contribution < -0.4 is 10.6 Å². The molecule has 6 nitrogen and oxygen atoms in total. The van der Waals surface area contributed by atoms with Gasteiger partial charge in [-0.2, -0.15) is 0 Å². The van der Waals surface area contributed by atoms with Crippen molar-refractivity contribution >= 4 is 12.0 Å². The van der Waals surface area contributed by atoms with E-state index in [1.807, 2.05) is 51.1 Å². The number of rotatable bonds is 6. The minimum atomic E-state index is -0.406. The SMILES string of the molecule is CC1(C)CCC(N(C(=O)C(C)(C)C)[C@@H]2CN[C@H](CNC(=O)OCc3ccccc3)C2)CC1. The monoisotopic (exact) mass is 443 g/mol. The predicted molar refractivity (Wildman–Crippen MR) is 127 cm³/mol. The molecule has 0 unspecified atom stereocenters. The van der Waals surface area contributed by atoms with E-state index < -0.39 is 11.5 Å². The molecule has 2 amide bonds. The van der Waals surface area contributed by atoms with E-state index in [-0.39, 0.29) is 24.6 Å². The van der Waals surface area contributed by atoms with E-state index in [1.165, 1.54) is 0 Å². The van der Waals surface area contributed by atoms with Crippen LogP contribution in [-0.4, -0.2) is 48.1 Å². The van der Waals surface area contributed by atoms with Crippen molar-refractivity contribution in [1.82, 2.24) is 15.5 Å². The Bertz CT molecular complexity index is 762. The first-order chi connectivity index (χ1) is 15.0. The number of ether oxygens (including phenoxy) is 1. The van der Waals surface area contributed by atoms with Gasteiger partial charge in [0.1, 0.15) is 6.61 Å². The van der Waals surface area contributed by atoms with Crippen molar-refractivity contribution in [1.29, 1.82) is 0 Å². The second-order valence-corrected chi connectivity index (χ2v) is 11.3. The van der Waals surface area contributed by atoms with Crippen LogP contribution in [0.4, 0.5) is 4.79 Å². The van der Waals surface area contributed by atoms with E-state index in [1.54, 1.807) is 0 Å². The summed E-state index contributed by atoms with van der Waals surface area (Å²) >= 11 is 0. The third-order valence-electron chi connectivity index (χ3n) is 6.88. The zero-order valence-corrected chi connectivity index (χ0v) is 20.4. The lowest BCUT2D eigenvalue weighted by Crippen LogP contribution is -2.53. The molecule has 32 heavy (non-hydrogen) atoms. The molecule has 178 valence electrons. The van der Waals surface area contributed by atoms with E-state index in [4.69, 9.17) is 4.74 Å². The Morgan fingerprint density at radius 2 is 1.78 bits per heavy atom. The molecule has 1 saturated carbocycles. The fraction of sp³-hybridized carbons (Fsp3) is 0.692. The van der Waals surface area contributed by atoms with Gasteiger partial charge in [0.2, 0.25) is 5.91 Å². The molecule has 6 heteroatoms.